The van der Waals surface area contributed by atoms with E-state index in [1.807, 2.05) is 35.7 Å². The summed E-state index contributed by atoms with van der Waals surface area (Å²) in [7, 11) is 0. The number of benzene rings is 1. The number of carbonyl (C=O) groups excluding carboxylic acids is 1. The zero-order chi connectivity index (χ0) is 13.8. The van der Waals surface area contributed by atoms with E-state index in [1.54, 1.807) is 17.6 Å². The molecule has 0 atom stereocenters. The predicted molar refractivity (Wildman–Crippen MR) is 76.3 cm³/mol. The van der Waals surface area contributed by atoms with E-state index >= 15 is 0 Å². The molecule has 2 heterocycles. The minimum Gasteiger partial charge on any atom is -0.454 e. The highest BCUT2D eigenvalue weighted by Crippen LogP contribution is 2.31. The molecule has 5 nitrogen and oxygen atoms in total. The fourth-order valence-corrected chi connectivity index (χ4v) is 2.49. The van der Waals surface area contributed by atoms with Crippen LogP contribution in [0.25, 0.3) is 0 Å². The van der Waals surface area contributed by atoms with E-state index in [2.05, 4.69) is 10.5 Å². The minimum absolute atomic E-state index is 0.135. The van der Waals surface area contributed by atoms with Crippen LogP contribution in [-0.4, -0.2) is 18.9 Å². The fourth-order valence-electron chi connectivity index (χ4n) is 1.78. The van der Waals surface area contributed by atoms with Crippen molar-refractivity contribution in [2.75, 3.05) is 6.79 Å². The molecule has 0 fully saturated rings. The van der Waals surface area contributed by atoms with Crippen molar-refractivity contribution < 1.29 is 14.3 Å². The lowest BCUT2D eigenvalue weighted by Crippen LogP contribution is -2.19. The Balaban J connectivity index is 1.56. The van der Waals surface area contributed by atoms with Crippen molar-refractivity contribution in [1.29, 1.82) is 0 Å². The number of hydrogen-bond donors (Lipinski definition) is 1. The van der Waals surface area contributed by atoms with Crippen LogP contribution in [0, 0.1) is 0 Å². The molecule has 2 aromatic rings. The molecule has 0 aliphatic carbocycles. The van der Waals surface area contributed by atoms with Gasteiger partial charge < -0.3 is 9.47 Å². The largest absolute Gasteiger partial charge is 0.454 e. The number of ether oxygens (including phenoxy) is 2. The Labute approximate surface area is 119 Å². The first-order valence-electron chi connectivity index (χ1n) is 6.05. The molecule has 6 heteroatoms. The van der Waals surface area contributed by atoms with E-state index in [1.165, 1.54) is 0 Å². The monoisotopic (exact) mass is 288 g/mol. The van der Waals surface area contributed by atoms with E-state index in [0.717, 1.165) is 16.2 Å². The molecule has 0 radical (unpaired) electrons. The van der Waals surface area contributed by atoms with Gasteiger partial charge in [-0.05, 0) is 35.2 Å². The van der Waals surface area contributed by atoms with Gasteiger partial charge in [-0.2, -0.15) is 5.10 Å². The standard InChI is InChI=1S/C14H12N2O3S/c17-14(7-11-2-1-5-20-11)16-15-8-10-3-4-12-13(6-10)19-9-18-12/h1-6,8H,7,9H2,(H,16,17)/b15-8-. The maximum Gasteiger partial charge on any atom is 0.245 e. The normalized spacial score (nSPS) is 12.8. The molecule has 20 heavy (non-hydrogen) atoms. The molecule has 1 aromatic heterocycles. The first-order valence-corrected chi connectivity index (χ1v) is 6.93. The summed E-state index contributed by atoms with van der Waals surface area (Å²) < 4.78 is 10.5. The summed E-state index contributed by atoms with van der Waals surface area (Å²) in [5, 5.41) is 5.87. The third-order valence-electron chi connectivity index (χ3n) is 2.71. The molecule has 0 spiro atoms. The Morgan fingerprint density at radius 2 is 2.25 bits per heavy atom. The lowest BCUT2D eigenvalue weighted by Gasteiger charge is -1.99. The van der Waals surface area contributed by atoms with Gasteiger partial charge in [-0.15, -0.1) is 11.3 Å². The van der Waals surface area contributed by atoms with Crippen LogP contribution >= 0.6 is 11.3 Å². The van der Waals surface area contributed by atoms with Crippen molar-refractivity contribution in [3.8, 4) is 11.5 Å². The summed E-state index contributed by atoms with van der Waals surface area (Å²) >= 11 is 1.55. The molecule has 0 saturated heterocycles. The van der Waals surface area contributed by atoms with Crippen molar-refractivity contribution in [3.63, 3.8) is 0 Å². The van der Waals surface area contributed by atoms with Crippen molar-refractivity contribution in [2.24, 2.45) is 5.10 Å². The van der Waals surface area contributed by atoms with Crippen molar-refractivity contribution >= 4 is 23.5 Å². The molecule has 1 aliphatic heterocycles. The Kier molecular flexibility index (Phi) is 3.64. The number of thiophene rings is 1. The number of rotatable bonds is 4. The molecule has 0 unspecified atom stereocenters. The average molecular weight is 288 g/mol. The fraction of sp³-hybridized carbons (Fsp3) is 0.143. The Bertz CT molecular complexity index is 638. The predicted octanol–water partition coefficient (Wildman–Crippen LogP) is 2.17. The number of hydrogen-bond acceptors (Lipinski definition) is 5. The minimum atomic E-state index is -0.135. The number of nitrogens with zero attached hydrogens (tertiary/aromatic N) is 1. The second-order valence-electron chi connectivity index (χ2n) is 4.16. The highest BCUT2D eigenvalue weighted by molar-refractivity contribution is 7.10. The summed E-state index contributed by atoms with van der Waals surface area (Å²) in [6.45, 7) is 0.244. The number of amides is 1. The number of hydrazone groups is 1. The summed E-state index contributed by atoms with van der Waals surface area (Å²) in [5.41, 5.74) is 3.34. The van der Waals surface area contributed by atoms with Crippen LogP contribution < -0.4 is 14.9 Å². The SMILES string of the molecule is O=C(Cc1cccs1)N/N=C\c1ccc2c(c1)OCO2. The zero-order valence-corrected chi connectivity index (χ0v) is 11.4. The quantitative estimate of drug-likeness (QED) is 0.693. The maximum absolute atomic E-state index is 11.6. The lowest BCUT2D eigenvalue weighted by molar-refractivity contribution is -0.120. The Hall–Kier alpha value is -2.34. The topological polar surface area (TPSA) is 59.9 Å². The van der Waals surface area contributed by atoms with Gasteiger partial charge in [-0.25, -0.2) is 5.43 Å². The van der Waals surface area contributed by atoms with Crippen LogP contribution in [0.3, 0.4) is 0 Å². The number of carbonyl (C=O) groups is 1. The van der Waals surface area contributed by atoms with Gasteiger partial charge in [-0.3, -0.25) is 4.79 Å². The molecular formula is C14H12N2O3S. The van der Waals surface area contributed by atoms with Crippen LogP contribution in [0.2, 0.25) is 0 Å². The highest BCUT2D eigenvalue weighted by atomic mass is 32.1. The van der Waals surface area contributed by atoms with E-state index in [4.69, 9.17) is 9.47 Å². The number of fused-ring (bicyclic) bond motifs is 1. The number of nitrogens with one attached hydrogen (secondary N) is 1. The second-order valence-corrected chi connectivity index (χ2v) is 5.19. The lowest BCUT2D eigenvalue weighted by atomic mass is 10.2. The molecule has 3 rings (SSSR count). The molecular weight excluding hydrogens is 276 g/mol. The van der Waals surface area contributed by atoms with Gasteiger partial charge in [0.05, 0.1) is 12.6 Å². The van der Waals surface area contributed by atoms with Gasteiger partial charge in [0.1, 0.15) is 0 Å². The van der Waals surface area contributed by atoms with E-state index in [0.29, 0.717) is 12.2 Å². The molecule has 1 N–H and O–H groups in total. The summed E-state index contributed by atoms with van der Waals surface area (Å²) in [4.78, 5) is 12.6. The van der Waals surface area contributed by atoms with E-state index in [9.17, 15) is 4.79 Å². The van der Waals surface area contributed by atoms with E-state index < -0.39 is 0 Å². The first kappa shape index (κ1) is 12.7. The maximum atomic E-state index is 11.6. The van der Waals surface area contributed by atoms with E-state index in [-0.39, 0.29) is 12.7 Å². The van der Waals surface area contributed by atoms with Gasteiger partial charge in [0.2, 0.25) is 12.7 Å². The van der Waals surface area contributed by atoms with Gasteiger partial charge in [0.25, 0.3) is 0 Å². The molecule has 0 bridgehead atoms. The smallest absolute Gasteiger partial charge is 0.245 e. The van der Waals surface area contributed by atoms with Crippen molar-refractivity contribution in [1.82, 2.24) is 5.43 Å². The van der Waals surface area contributed by atoms with Crippen LogP contribution in [-0.2, 0) is 11.2 Å². The molecule has 1 aliphatic rings. The Morgan fingerprint density at radius 1 is 1.35 bits per heavy atom. The van der Waals surface area contributed by atoms with Gasteiger partial charge >= 0.3 is 0 Å². The van der Waals surface area contributed by atoms with Crippen LogP contribution in [0.1, 0.15) is 10.4 Å². The highest BCUT2D eigenvalue weighted by Gasteiger charge is 2.12. The molecule has 0 saturated carbocycles. The third kappa shape index (κ3) is 2.97. The first-order chi connectivity index (χ1) is 9.81. The Morgan fingerprint density at radius 3 is 3.10 bits per heavy atom. The molecule has 1 amide bonds. The average Bonchev–Trinajstić information content (AvgIpc) is 3.09. The molecule has 102 valence electrons. The van der Waals surface area contributed by atoms with Gasteiger partial charge in [-0.1, -0.05) is 6.07 Å². The van der Waals surface area contributed by atoms with Gasteiger partial charge in [0, 0.05) is 4.88 Å². The summed E-state index contributed by atoms with van der Waals surface area (Å²) in [6.07, 6.45) is 1.92. The third-order valence-corrected chi connectivity index (χ3v) is 3.59. The summed E-state index contributed by atoms with van der Waals surface area (Å²) in [6, 6.07) is 9.33. The molecule has 1 aromatic carbocycles. The second kappa shape index (κ2) is 5.75. The van der Waals surface area contributed by atoms with Gasteiger partial charge in [0.15, 0.2) is 11.5 Å². The summed E-state index contributed by atoms with van der Waals surface area (Å²) in [5.74, 6) is 1.28. The van der Waals surface area contributed by atoms with Crippen LogP contribution in [0.5, 0.6) is 11.5 Å². The van der Waals surface area contributed by atoms with Crippen molar-refractivity contribution in [2.45, 2.75) is 6.42 Å². The van der Waals surface area contributed by atoms with Crippen molar-refractivity contribution in [3.05, 3.63) is 46.2 Å². The van der Waals surface area contributed by atoms with Crippen LogP contribution in [0.4, 0.5) is 0 Å². The zero-order valence-electron chi connectivity index (χ0n) is 10.5. The van der Waals surface area contributed by atoms with Crippen LogP contribution in [0.15, 0.2) is 40.8 Å².